The zero-order chi connectivity index (χ0) is 18.6. The van der Waals surface area contributed by atoms with E-state index in [0.29, 0.717) is 6.42 Å². The first-order valence-electron chi connectivity index (χ1n) is 8.73. The first-order valence-corrected chi connectivity index (χ1v) is 8.73. The van der Waals surface area contributed by atoms with E-state index < -0.39 is 0 Å². The second kappa shape index (κ2) is 7.38. The Labute approximate surface area is 157 Å². The van der Waals surface area contributed by atoms with Crippen molar-refractivity contribution < 1.29 is 13.9 Å². The fourth-order valence-electron chi connectivity index (χ4n) is 2.98. The maximum Gasteiger partial charge on any atom is 0.228 e. The number of ether oxygens (including phenoxy) is 1. The number of fused-ring (bicyclic) bond motifs is 1. The van der Waals surface area contributed by atoms with Crippen LogP contribution in [-0.4, -0.2) is 13.0 Å². The zero-order valence-corrected chi connectivity index (χ0v) is 14.9. The van der Waals surface area contributed by atoms with Crippen LogP contribution in [0.15, 0.2) is 83.3 Å². The van der Waals surface area contributed by atoms with Crippen molar-refractivity contribution in [2.24, 2.45) is 0 Å². The minimum atomic E-state index is -0.0587. The van der Waals surface area contributed by atoms with Crippen LogP contribution in [0, 0.1) is 0 Å². The number of anilines is 1. The maximum absolute atomic E-state index is 12.2. The van der Waals surface area contributed by atoms with E-state index in [2.05, 4.69) is 5.32 Å². The first kappa shape index (κ1) is 16.9. The Morgan fingerprint density at radius 2 is 1.70 bits per heavy atom. The molecule has 1 amide bonds. The molecule has 27 heavy (non-hydrogen) atoms. The number of furan rings is 1. The number of rotatable bonds is 5. The van der Waals surface area contributed by atoms with Crippen LogP contribution < -0.4 is 10.1 Å². The number of methoxy groups -OCH3 is 1. The van der Waals surface area contributed by atoms with Gasteiger partial charge in [0.2, 0.25) is 5.91 Å². The van der Waals surface area contributed by atoms with Crippen molar-refractivity contribution >= 4 is 22.6 Å². The molecule has 0 bridgehead atoms. The maximum atomic E-state index is 12.2. The molecule has 1 heterocycles. The molecule has 0 spiro atoms. The molecule has 0 fully saturated rings. The molecule has 0 aliphatic rings. The largest absolute Gasteiger partial charge is 0.497 e. The molecule has 134 valence electrons. The number of carbonyl (C=O) groups is 1. The average molecular weight is 357 g/mol. The minimum Gasteiger partial charge on any atom is -0.497 e. The van der Waals surface area contributed by atoms with E-state index in [-0.39, 0.29) is 5.91 Å². The zero-order valence-electron chi connectivity index (χ0n) is 14.9. The second-order valence-corrected chi connectivity index (χ2v) is 6.30. The van der Waals surface area contributed by atoms with E-state index >= 15 is 0 Å². The molecule has 4 aromatic rings. The lowest BCUT2D eigenvalue weighted by Crippen LogP contribution is -2.14. The van der Waals surface area contributed by atoms with Gasteiger partial charge >= 0.3 is 0 Å². The molecule has 3 aromatic carbocycles. The summed E-state index contributed by atoms with van der Waals surface area (Å²) in [6.45, 7) is 0. The quantitative estimate of drug-likeness (QED) is 0.528. The number of hydrogen-bond acceptors (Lipinski definition) is 3. The second-order valence-electron chi connectivity index (χ2n) is 6.30. The van der Waals surface area contributed by atoms with Crippen LogP contribution >= 0.6 is 0 Å². The molecule has 0 saturated heterocycles. The third kappa shape index (κ3) is 3.85. The Hall–Kier alpha value is -3.53. The van der Waals surface area contributed by atoms with Gasteiger partial charge in [-0.15, -0.1) is 0 Å². The van der Waals surface area contributed by atoms with Crippen molar-refractivity contribution in [1.29, 1.82) is 0 Å². The van der Waals surface area contributed by atoms with Crippen LogP contribution in [0.1, 0.15) is 5.56 Å². The molecular formula is C23H19NO3. The molecule has 4 heteroatoms. The van der Waals surface area contributed by atoms with Crippen molar-refractivity contribution in [2.45, 2.75) is 6.42 Å². The Morgan fingerprint density at radius 1 is 0.963 bits per heavy atom. The summed E-state index contributed by atoms with van der Waals surface area (Å²) in [5.74, 6) is 1.53. The van der Waals surface area contributed by atoms with E-state index in [0.717, 1.165) is 39.3 Å². The van der Waals surface area contributed by atoms with Crippen molar-refractivity contribution in [3.8, 4) is 17.1 Å². The van der Waals surface area contributed by atoms with E-state index in [9.17, 15) is 4.79 Å². The lowest BCUT2D eigenvalue weighted by atomic mass is 10.1. The van der Waals surface area contributed by atoms with Crippen LogP contribution in [0.4, 0.5) is 5.69 Å². The third-order valence-electron chi connectivity index (χ3n) is 4.40. The highest BCUT2D eigenvalue weighted by Gasteiger charge is 2.08. The highest BCUT2D eigenvalue weighted by atomic mass is 16.5. The summed E-state index contributed by atoms with van der Waals surface area (Å²) < 4.78 is 11.0. The smallest absolute Gasteiger partial charge is 0.228 e. The molecule has 1 aromatic heterocycles. The molecule has 0 unspecified atom stereocenters. The summed E-state index contributed by atoms with van der Waals surface area (Å²) >= 11 is 0. The molecule has 4 nitrogen and oxygen atoms in total. The Bertz CT molecular complexity index is 1030. The Balaban J connectivity index is 1.43. The topological polar surface area (TPSA) is 51.5 Å². The van der Waals surface area contributed by atoms with Crippen LogP contribution in [0.25, 0.3) is 22.3 Å². The van der Waals surface area contributed by atoms with Crippen molar-refractivity contribution in [1.82, 2.24) is 0 Å². The summed E-state index contributed by atoms with van der Waals surface area (Å²) in [7, 11) is 1.62. The monoisotopic (exact) mass is 357 g/mol. The van der Waals surface area contributed by atoms with Gasteiger partial charge in [-0.05, 0) is 54.1 Å². The molecule has 0 saturated carbocycles. The number of hydrogen-bond donors (Lipinski definition) is 1. The number of amides is 1. The molecule has 4 rings (SSSR count). The molecule has 0 radical (unpaired) electrons. The number of para-hydroxylation sites is 1. The van der Waals surface area contributed by atoms with Crippen LogP contribution in [0.3, 0.4) is 0 Å². The van der Waals surface area contributed by atoms with Crippen molar-refractivity contribution in [3.05, 3.63) is 84.4 Å². The molecule has 1 N–H and O–H groups in total. The Morgan fingerprint density at radius 3 is 2.41 bits per heavy atom. The van der Waals surface area contributed by atoms with Gasteiger partial charge in [0.1, 0.15) is 17.1 Å². The van der Waals surface area contributed by atoms with Gasteiger partial charge in [0, 0.05) is 16.6 Å². The van der Waals surface area contributed by atoms with Crippen LogP contribution in [-0.2, 0) is 11.2 Å². The molecule has 0 aliphatic heterocycles. The fourth-order valence-corrected chi connectivity index (χ4v) is 2.98. The lowest BCUT2D eigenvalue weighted by Gasteiger charge is -2.07. The van der Waals surface area contributed by atoms with Gasteiger partial charge in [0.05, 0.1) is 13.5 Å². The predicted molar refractivity (Wildman–Crippen MR) is 107 cm³/mol. The summed E-state index contributed by atoms with van der Waals surface area (Å²) in [4.78, 5) is 12.2. The first-order chi connectivity index (χ1) is 13.2. The van der Waals surface area contributed by atoms with E-state index in [1.54, 1.807) is 7.11 Å². The Kier molecular flexibility index (Phi) is 4.62. The molecule has 0 atom stereocenters. The number of carbonyl (C=O) groups excluding carboxylic acids is 1. The average Bonchev–Trinajstić information content (AvgIpc) is 3.13. The molecular weight excluding hydrogens is 338 g/mol. The van der Waals surface area contributed by atoms with Crippen molar-refractivity contribution in [3.63, 3.8) is 0 Å². The van der Waals surface area contributed by atoms with Gasteiger partial charge < -0.3 is 14.5 Å². The third-order valence-corrected chi connectivity index (χ3v) is 4.40. The standard InChI is InChI=1S/C23H19NO3/c1-26-20-12-6-16(7-13-20)14-23(25)24-19-10-8-17(9-11-19)22-15-18-4-2-3-5-21(18)27-22/h2-13,15H,14H2,1H3,(H,24,25). The summed E-state index contributed by atoms with van der Waals surface area (Å²) in [5.41, 5.74) is 3.53. The lowest BCUT2D eigenvalue weighted by molar-refractivity contribution is -0.115. The van der Waals surface area contributed by atoms with Gasteiger partial charge in [-0.2, -0.15) is 0 Å². The highest BCUT2D eigenvalue weighted by Crippen LogP contribution is 2.28. The summed E-state index contributed by atoms with van der Waals surface area (Å²) in [6, 6.07) is 25.1. The molecule has 0 aliphatic carbocycles. The normalized spacial score (nSPS) is 10.7. The van der Waals surface area contributed by atoms with Gasteiger partial charge in [-0.1, -0.05) is 30.3 Å². The van der Waals surface area contributed by atoms with Gasteiger partial charge in [-0.25, -0.2) is 0 Å². The minimum absolute atomic E-state index is 0.0587. The van der Waals surface area contributed by atoms with E-state index in [1.165, 1.54) is 0 Å². The van der Waals surface area contributed by atoms with Crippen molar-refractivity contribution in [2.75, 3.05) is 12.4 Å². The van der Waals surface area contributed by atoms with Gasteiger partial charge in [0.25, 0.3) is 0 Å². The van der Waals surface area contributed by atoms with Crippen LogP contribution in [0.2, 0.25) is 0 Å². The number of benzene rings is 3. The predicted octanol–water partition coefficient (Wildman–Crippen LogP) is 5.29. The van der Waals surface area contributed by atoms with E-state index in [4.69, 9.17) is 9.15 Å². The number of nitrogens with one attached hydrogen (secondary N) is 1. The fraction of sp³-hybridized carbons (Fsp3) is 0.0870. The summed E-state index contributed by atoms with van der Waals surface area (Å²) in [6.07, 6.45) is 0.315. The van der Waals surface area contributed by atoms with Crippen LogP contribution in [0.5, 0.6) is 5.75 Å². The highest BCUT2D eigenvalue weighted by molar-refractivity contribution is 5.92. The SMILES string of the molecule is COc1ccc(CC(=O)Nc2ccc(-c3cc4ccccc4o3)cc2)cc1. The summed E-state index contributed by atoms with van der Waals surface area (Å²) in [5, 5.41) is 4.00. The van der Waals surface area contributed by atoms with Gasteiger partial charge in [-0.3, -0.25) is 4.79 Å². The van der Waals surface area contributed by atoms with Gasteiger partial charge in [0.15, 0.2) is 0 Å². The van der Waals surface area contributed by atoms with E-state index in [1.807, 2.05) is 78.9 Å².